The Kier molecular flexibility index (Phi) is 4.90. The molecule has 26 heavy (non-hydrogen) atoms. The number of benzene rings is 1. The van der Waals surface area contributed by atoms with Gasteiger partial charge in [-0.3, -0.25) is 0 Å². The summed E-state index contributed by atoms with van der Waals surface area (Å²) in [6.07, 6.45) is 1.96. The van der Waals surface area contributed by atoms with Crippen LogP contribution in [0.1, 0.15) is 16.4 Å². The normalized spacial score (nSPS) is 13.3. The lowest BCUT2D eigenvalue weighted by molar-refractivity contribution is 0.580. The Bertz CT molecular complexity index is 1130. The van der Waals surface area contributed by atoms with Gasteiger partial charge in [-0.1, -0.05) is 35.9 Å². The van der Waals surface area contributed by atoms with Crippen molar-refractivity contribution in [3.05, 3.63) is 74.9 Å². The van der Waals surface area contributed by atoms with E-state index in [4.69, 9.17) is 11.6 Å². The summed E-state index contributed by atoms with van der Waals surface area (Å²) >= 11 is 8.56. The van der Waals surface area contributed by atoms with E-state index in [0.717, 1.165) is 32.7 Å². The van der Waals surface area contributed by atoms with Crippen LogP contribution in [0, 0.1) is 0 Å². The molecule has 3 heterocycles. The van der Waals surface area contributed by atoms with Crippen molar-refractivity contribution in [3.63, 3.8) is 0 Å². The Labute approximate surface area is 164 Å². The molecule has 0 bridgehead atoms. The second-order valence-electron chi connectivity index (χ2n) is 5.77. The van der Waals surface area contributed by atoms with Crippen LogP contribution in [-0.2, 0) is 10.0 Å². The molecule has 2 N–H and O–H groups in total. The number of aromatic nitrogens is 1. The van der Waals surface area contributed by atoms with Crippen molar-refractivity contribution in [2.24, 2.45) is 0 Å². The van der Waals surface area contributed by atoms with E-state index < -0.39 is 10.0 Å². The van der Waals surface area contributed by atoms with E-state index in [0.29, 0.717) is 4.34 Å². The van der Waals surface area contributed by atoms with Crippen LogP contribution in [0.5, 0.6) is 0 Å². The molecule has 134 valence electrons. The Hall–Kier alpha value is -1.64. The maximum atomic E-state index is 12.6. The molecule has 0 saturated heterocycles. The summed E-state index contributed by atoms with van der Waals surface area (Å²) in [5, 5.41) is 3.11. The topological polar surface area (TPSA) is 62.0 Å². The Morgan fingerprint density at radius 1 is 1.12 bits per heavy atom. The fourth-order valence-corrected chi connectivity index (χ4v) is 6.36. The van der Waals surface area contributed by atoms with Crippen LogP contribution in [0.15, 0.2) is 64.3 Å². The molecule has 3 aromatic heterocycles. The van der Waals surface area contributed by atoms with Crippen LogP contribution in [0.25, 0.3) is 10.9 Å². The van der Waals surface area contributed by atoms with Crippen LogP contribution in [0.2, 0.25) is 4.34 Å². The summed E-state index contributed by atoms with van der Waals surface area (Å²) in [4.78, 5) is 4.39. The Balaban J connectivity index is 1.67. The third-order valence-electron chi connectivity index (χ3n) is 4.17. The monoisotopic (exact) mass is 422 g/mol. The molecule has 0 aliphatic rings. The average molecular weight is 423 g/mol. The molecule has 4 nitrogen and oxygen atoms in total. The molecule has 0 unspecified atom stereocenters. The maximum Gasteiger partial charge on any atom is 0.250 e. The summed E-state index contributed by atoms with van der Waals surface area (Å²) in [5.74, 6) is -0.0728. The van der Waals surface area contributed by atoms with E-state index in [9.17, 15) is 8.42 Å². The lowest BCUT2D eigenvalue weighted by atomic mass is 9.97. The van der Waals surface area contributed by atoms with Crippen molar-refractivity contribution in [1.29, 1.82) is 0 Å². The molecular weight excluding hydrogens is 408 g/mol. The van der Waals surface area contributed by atoms with Gasteiger partial charge in [0.05, 0.1) is 4.34 Å². The Morgan fingerprint density at radius 3 is 2.69 bits per heavy atom. The van der Waals surface area contributed by atoms with Crippen molar-refractivity contribution in [3.8, 4) is 0 Å². The molecule has 0 saturated carbocycles. The highest BCUT2D eigenvalue weighted by Crippen LogP contribution is 2.33. The highest BCUT2D eigenvalue weighted by Gasteiger charge is 2.23. The lowest BCUT2D eigenvalue weighted by Gasteiger charge is -2.16. The SMILES string of the molecule is O=S(=O)(NC[C@@H](c1cccs1)c1c[nH]c2ccccc12)c1ccc(Cl)s1. The largest absolute Gasteiger partial charge is 0.361 e. The molecule has 0 aliphatic carbocycles. The molecule has 1 atom stereocenters. The van der Waals surface area contributed by atoms with Gasteiger partial charge in [0.2, 0.25) is 10.0 Å². The van der Waals surface area contributed by atoms with E-state index in [1.807, 2.05) is 41.9 Å². The number of hydrogen-bond donors (Lipinski definition) is 2. The summed E-state index contributed by atoms with van der Waals surface area (Å²) in [6, 6.07) is 15.2. The number of halogens is 1. The first kappa shape index (κ1) is 17.8. The number of nitrogens with one attached hydrogen (secondary N) is 2. The zero-order valence-electron chi connectivity index (χ0n) is 13.5. The van der Waals surface area contributed by atoms with Crippen LogP contribution >= 0.6 is 34.3 Å². The fraction of sp³-hybridized carbons (Fsp3) is 0.111. The standard InChI is InChI=1S/C18H15ClN2O2S3/c19-17-7-8-18(25-17)26(22,23)21-11-14(16-6-3-9-24-16)13-10-20-15-5-2-1-4-12(13)15/h1-10,14,20-21H,11H2/t14-/m1/s1. The van der Waals surface area contributed by atoms with Crippen molar-refractivity contribution < 1.29 is 8.42 Å². The van der Waals surface area contributed by atoms with E-state index in [-0.39, 0.29) is 16.7 Å². The third kappa shape index (κ3) is 3.45. The molecule has 4 aromatic rings. The number of hydrogen-bond acceptors (Lipinski definition) is 4. The lowest BCUT2D eigenvalue weighted by Crippen LogP contribution is -2.28. The molecule has 1 aromatic carbocycles. The van der Waals surface area contributed by atoms with Gasteiger partial charge < -0.3 is 4.98 Å². The molecule has 8 heteroatoms. The van der Waals surface area contributed by atoms with Crippen LogP contribution in [0.3, 0.4) is 0 Å². The van der Waals surface area contributed by atoms with Crippen LogP contribution in [0.4, 0.5) is 0 Å². The fourth-order valence-electron chi connectivity index (χ4n) is 2.94. The van der Waals surface area contributed by atoms with E-state index in [1.54, 1.807) is 17.4 Å². The zero-order chi connectivity index (χ0) is 18.1. The molecular formula is C18H15ClN2O2S3. The van der Waals surface area contributed by atoms with Crippen molar-refractivity contribution in [2.45, 2.75) is 10.1 Å². The van der Waals surface area contributed by atoms with Gasteiger partial charge in [-0.15, -0.1) is 22.7 Å². The zero-order valence-corrected chi connectivity index (χ0v) is 16.7. The third-order valence-corrected chi connectivity index (χ3v) is 8.31. The van der Waals surface area contributed by atoms with E-state index in [1.165, 1.54) is 6.07 Å². The predicted molar refractivity (Wildman–Crippen MR) is 109 cm³/mol. The number of aromatic amines is 1. The van der Waals surface area contributed by atoms with Gasteiger partial charge >= 0.3 is 0 Å². The predicted octanol–water partition coefficient (Wildman–Crippen LogP) is 5.05. The summed E-state index contributed by atoms with van der Waals surface area (Å²) in [5.41, 5.74) is 2.12. The summed E-state index contributed by atoms with van der Waals surface area (Å²) in [7, 11) is -3.59. The van der Waals surface area contributed by atoms with E-state index >= 15 is 0 Å². The minimum Gasteiger partial charge on any atom is -0.361 e. The average Bonchev–Trinajstić information content (AvgIpc) is 3.36. The molecule has 0 aliphatic heterocycles. The van der Waals surface area contributed by atoms with Crippen LogP contribution < -0.4 is 4.72 Å². The summed E-state index contributed by atoms with van der Waals surface area (Å²) < 4.78 is 28.6. The number of rotatable bonds is 6. The number of H-pyrrole nitrogens is 1. The molecule has 4 rings (SSSR count). The van der Waals surface area contributed by atoms with Gasteiger partial charge in [-0.2, -0.15) is 0 Å². The quantitative estimate of drug-likeness (QED) is 0.456. The number of sulfonamides is 1. The van der Waals surface area contributed by atoms with Gasteiger partial charge in [0.1, 0.15) is 4.21 Å². The second-order valence-corrected chi connectivity index (χ2v) is 10.5. The molecule has 0 radical (unpaired) electrons. The second kappa shape index (κ2) is 7.17. The molecule has 0 amide bonds. The highest BCUT2D eigenvalue weighted by molar-refractivity contribution is 7.91. The van der Waals surface area contributed by atoms with E-state index in [2.05, 4.69) is 15.8 Å². The maximum absolute atomic E-state index is 12.6. The van der Waals surface area contributed by atoms with Gasteiger partial charge in [0.15, 0.2) is 0 Å². The Morgan fingerprint density at radius 2 is 1.96 bits per heavy atom. The summed E-state index contributed by atoms with van der Waals surface area (Å²) in [6.45, 7) is 0.278. The number of fused-ring (bicyclic) bond motifs is 1. The highest BCUT2D eigenvalue weighted by atomic mass is 35.5. The first-order valence-corrected chi connectivity index (χ1v) is 11.4. The molecule has 0 fully saturated rings. The van der Waals surface area contributed by atoms with Gasteiger partial charge in [0.25, 0.3) is 0 Å². The molecule has 0 spiro atoms. The smallest absolute Gasteiger partial charge is 0.250 e. The number of thiophene rings is 2. The van der Waals surface area contributed by atoms with Gasteiger partial charge in [0, 0.05) is 34.4 Å². The van der Waals surface area contributed by atoms with Gasteiger partial charge in [-0.05, 0) is 35.2 Å². The van der Waals surface area contributed by atoms with Crippen molar-refractivity contribution in [1.82, 2.24) is 9.71 Å². The first-order chi connectivity index (χ1) is 12.5. The first-order valence-electron chi connectivity index (χ1n) is 7.89. The number of para-hydroxylation sites is 1. The minimum atomic E-state index is -3.59. The van der Waals surface area contributed by atoms with Crippen molar-refractivity contribution in [2.75, 3.05) is 6.54 Å². The van der Waals surface area contributed by atoms with Gasteiger partial charge in [-0.25, -0.2) is 13.1 Å². The minimum absolute atomic E-state index is 0.0728. The van der Waals surface area contributed by atoms with Crippen molar-refractivity contribution >= 4 is 55.2 Å². The van der Waals surface area contributed by atoms with Crippen LogP contribution in [-0.4, -0.2) is 19.9 Å².